The monoisotopic (exact) mass is 736 g/mol. The van der Waals surface area contributed by atoms with Gasteiger partial charge < -0.3 is 25.0 Å². The highest BCUT2D eigenvalue weighted by molar-refractivity contribution is 5.94. The molecule has 0 unspecified atom stereocenters. The molecule has 1 heterocycles. The summed E-state index contributed by atoms with van der Waals surface area (Å²) in [4.78, 5) is 59.2. The van der Waals surface area contributed by atoms with Gasteiger partial charge in [0, 0.05) is 20.0 Å². The largest absolute Gasteiger partial charge is 0.489 e. The van der Waals surface area contributed by atoms with E-state index in [1.807, 2.05) is 60.7 Å². The molecule has 10 nitrogen and oxygen atoms in total. The Hall–Kier alpha value is -4.86. The van der Waals surface area contributed by atoms with Gasteiger partial charge in [0.2, 0.25) is 17.7 Å². The molecule has 0 aromatic heterocycles. The van der Waals surface area contributed by atoms with E-state index in [2.05, 4.69) is 22.8 Å². The van der Waals surface area contributed by atoms with Crippen molar-refractivity contribution in [3.05, 3.63) is 101 Å². The number of benzene rings is 3. The van der Waals surface area contributed by atoms with Crippen LogP contribution < -0.4 is 15.4 Å². The molecule has 6 rings (SSSR count). The normalized spacial score (nSPS) is 19.7. The molecule has 1 aliphatic heterocycles. The predicted octanol–water partition coefficient (Wildman–Crippen LogP) is 7.03. The average molecular weight is 737 g/mol. The molecular weight excluding hydrogens is 681 g/mol. The van der Waals surface area contributed by atoms with Gasteiger partial charge in [-0.15, -0.1) is 0 Å². The first-order chi connectivity index (χ1) is 25.9. The molecule has 2 N–H and O–H groups in total. The van der Waals surface area contributed by atoms with Crippen LogP contribution in [0.4, 0.5) is 4.79 Å². The van der Waals surface area contributed by atoms with Crippen LogP contribution in [0.5, 0.6) is 5.75 Å². The van der Waals surface area contributed by atoms with E-state index in [1.54, 1.807) is 32.6 Å². The van der Waals surface area contributed by atoms with Crippen molar-refractivity contribution in [2.45, 2.75) is 128 Å². The number of hydrogen-bond acceptors (Lipinski definition) is 6. The van der Waals surface area contributed by atoms with Crippen LogP contribution in [0.1, 0.15) is 106 Å². The minimum Gasteiger partial charge on any atom is -0.489 e. The van der Waals surface area contributed by atoms with Crippen LogP contribution in [0.2, 0.25) is 0 Å². The lowest BCUT2D eigenvalue weighted by atomic mass is 9.82. The second kappa shape index (κ2) is 17.1. The number of hydrogen-bond donors (Lipinski definition) is 2. The van der Waals surface area contributed by atoms with Gasteiger partial charge >= 0.3 is 6.09 Å². The van der Waals surface area contributed by atoms with E-state index in [9.17, 15) is 14.4 Å². The number of aryl methyl sites for hydroxylation is 1. The molecule has 3 aromatic rings. The van der Waals surface area contributed by atoms with E-state index < -0.39 is 35.7 Å². The summed E-state index contributed by atoms with van der Waals surface area (Å²) in [5, 5.41) is 6.40. The number of nitrogens with one attached hydrogen (secondary N) is 2. The number of fused-ring (bicyclic) bond motifs is 2. The van der Waals surface area contributed by atoms with Crippen LogP contribution in [0.25, 0.3) is 0 Å². The maximum absolute atomic E-state index is 15.1. The first-order valence-corrected chi connectivity index (χ1v) is 19.6. The van der Waals surface area contributed by atoms with Gasteiger partial charge in [0.1, 0.15) is 36.1 Å². The zero-order valence-corrected chi connectivity index (χ0v) is 32.4. The Kier molecular flexibility index (Phi) is 12.3. The fraction of sp³-hybridized carbons (Fsp3) is 0.500. The molecule has 1 saturated carbocycles. The van der Waals surface area contributed by atoms with E-state index in [0.29, 0.717) is 18.8 Å². The van der Waals surface area contributed by atoms with Crippen molar-refractivity contribution in [3.8, 4) is 5.75 Å². The summed E-state index contributed by atoms with van der Waals surface area (Å²) in [7, 11) is 1.53. The Labute approximate surface area is 320 Å². The SMILES string of the molecule is C[C@@H](C(=O)N[C@H](C(=O)N1Cc2cc(OCc3ccccc3)ccc2C[C@@H]1C(=O)N[C@H]1CCCc2ccccc21)C1CCCCC1)N(C)C(=O)OC(C)(C)C. The number of ether oxygens (including phenoxy) is 2. The summed E-state index contributed by atoms with van der Waals surface area (Å²) in [6, 6.07) is 21.4. The predicted molar refractivity (Wildman–Crippen MR) is 207 cm³/mol. The lowest BCUT2D eigenvalue weighted by Crippen LogP contribution is -2.61. The molecule has 3 aliphatic rings. The molecule has 0 spiro atoms. The molecule has 3 aromatic carbocycles. The molecule has 4 amide bonds. The zero-order valence-electron chi connectivity index (χ0n) is 32.4. The number of nitrogens with zero attached hydrogens (tertiary/aromatic N) is 2. The number of carbonyl (C=O) groups excluding carboxylic acids is 4. The van der Waals surface area contributed by atoms with Crippen LogP contribution in [0.3, 0.4) is 0 Å². The van der Waals surface area contributed by atoms with E-state index in [0.717, 1.165) is 73.6 Å². The van der Waals surface area contributed by atoms with Gasteiger partial charge in [-0.2, -0.15) is 0 Å². The second-order valence-corrected chi connectivity index (χ2v) is 16.2. The molecule has 1 fully saturated rings. The summed E-state index contributed by atoms with van der Waals surface area (Å²) in [6.07, 6.45) is 7.02. The van der Waals surface area contributed by atoms with Crippen molar-refractivity contribution < 1.29 is 28.7 Å². The molecule has 288 valence electrons. The van der Waals surface area contributed by atoms with Crippen LogP contribution in [0, 0.1) is 5.92 Å². The van der Waals surface area contributed by atoms with Crippen molar-refractivity contribution in [1.82, 2.24) is 20.4 Å². The van der Waals surface area contributed by atoms with Gasteiger partial charge in [0.05, 0.1) is 6.04 Å². The van der Waals surface area contributed by atoms with Gasteiger partial charge in [-0.05, 0) is 106 Å². The summed E-state index contributed by atoms with van der Waals surface area (Å²) in [5.41, 5.74) is 4.58. The standard InChI is InChI=1S/C44H56N4O6/c1-29(47(5)43(52)54-44(2,3)4)40(49)46-39(32-18-10-7-11-19-32)42(51)48-27-34-25-35(53-28-30-15-8-6-9-16-30)24-23-33(34)26-38(48)41(50)45-37-22-14-20-31-17-12-13-21-36(31)37/h6,8-9,12-13,15-17,21,23-25,29,32,37-39H,7,10-11,14,18-20,22,26-28H2,1-5H3,(H,45,50)(H,46,49)/t29-,37-,38+,39-/m0/s1. The maximum Gasteiger partial charge on any atom is 0.410 e. The van der Waals surface area contributed by atoms with Crippen molar-refractivity contribution >= 4 is 23.8 Å². The highest BCUT2D eigenvalue weighted by Gasteiger charge is 2.42. The summed E-state index contributed by atoms with van der Waals surface area (Å²) in [5.74, 6) is -0.353. The molecule has 4 atom stereocenters. The Balaban J connectivity index is 1.28. The minimum atomic E-state index is -0.893. The van der Waals surface area contributed by atoms with Gasteiger partial charge in [0.15, 0.2) is 0 Å². The summed E-state index contributed by atoms with van der Waals surface area (Å²) < 4.78 is 11.7. The third-order valence-electron chi connectivity index (χ3n) is 11.2. The lowest BCUT2D eigenvalue weighted by Gasteiger charge is -2.41. The molecule has 10 heteroatoms. The number of likely N-dealkylation sites (N-methyl/N-ethyl adjacent to an activating group) is 1. The first-order valence-electron chi connectivity index (χ1n) is 19.6. The molecule has 0 bridgehead atoms. The molecule has 0 saturated heterocycles. The fourth-order valence-electron chi connectivity index (χ4n) is 8.00. The van der Waals surface area contributed by atoms with Crippen molar-refractivity contribution in [2.75, 3.05) is 7.05 Å². The van der Waals surface area contributed by atoms with Crippen molar-refractivity contribution in [3.63, 3.8) is 0 Å². The Morgan fingerprint density at radius 3 is 2.33 bits per heavy atom. The third kappa shape index (κ3) is 9.43. The zero-order chi connectivity index (χ0) is 38.4. The Morgan fingerprint density at radius 1 is 0.870 bits per heavy atom. The van der Waals surface area contributed by atoms with Crippen LogP contribution in [0.15, 0.2) is 72.8 Å². The van der Waals surface area contributed by atoms with Crippen molar-refractivity contribution in [2.24, 2.45) is 5.92 Å². The highest BCUT2D eigenvalue weighted by Crippen LogP contribution is 2.34. The van der Waals surface area contributed by atoms with E-state index >= 15 is 4.79 Å². The van der Waals surface area contributed by atoms with Crippen LogP contribution >= 0.6 is 0 Å². The quantitative estimate of drug-likeness (QED) is 0.231. The fourth-order valence-corrected chi connectivity index (χ4v) is 8.00. The van der Waals surface area contributed by atoms with Crippen molar-refractivity contribution in [1.29, 1.82) is 0 Å². The molecular formula is C44H56N4O6. The second-order valence-electron chi connectivity index (χ2n) is 16.2. The first kappa shape index (κ1) is 38.9. The smallest absolute Gasteiger partial charge is 0.410 e. The van der Waals surface area contributed by atoms with E-state index in [-0.39, 0.29) is 30.3 Å². The Morgan fingerprint density at radius 2 is 1.59 bits per heavy atom. The third-order valence-corrected chi connectivity index (χ3v) is 11.2. The van der Waals surface area contributed by atoms with E-state index in [1.165, 1.54) is 17.5 Å². The maximum atomic E-state index is 15.1. The summed E-state index contributed by atoms with van der Waals surface area (Å²) in [6.45, 7) is 7.56. The van der Waals surface area contributed by atoms with Gasteiger partial charge in [-0.25, -0.2) is 4.79 Å². The van der Waals surface area contributed by atoms with Gasteiger partial charge in [0.25, 0.3) is 0 Å². The molecule has 54 heavy (non-hydrogen) atoms. The van der Waals surface area contributed by atoms with Crippen LogP contribution in [-0.2, 0) is 45.1 Å². The topological polar surface area (TPSA) is 117 Å². The number of carbonyl (C=O) groups is 4. The number of amides is 4. The summed E-state index contributed by atoms with van der Waals surface area (Å²) >= 11 is 0. The lowest BCUT2D eigenvalue weighted by molar-refractivity contribution is -0.146. The molecule has 0 radical (unpaired) electrons. The van der Waals surface area contributed by atoms with Gasteiger partial charge in [-0.1, -0.05) is 79.9 Å². The average Bonchev–Trinajstić information content (AvgIpc) is 3.17. The van der Waals surface area contributed by atoms with Gasteiger partial charge in [-0.3, -0.25) is 19.3 Å². The highest BCUT2D eigenvalue weighted by atomic mass is 16.6. The minimum absolute atomic E-state index is 0.106. The van der Waals surface area contributed by atoms with Crippen LogP contribution in [-0.4, -0.2) is 64.4 Å². The Bertz CT molecular complexity index is 1800. The number of rotatable bonds is 10. The molecule has 2 aliphatic carbocycles. The van der Waals surface area contributed by atoms with E-state index in [4.69, 9.17) is 9.47 Å².